The fourth-order valence-corrected chi connectivity index (χ4v) is 2.19. The first-order valence-corrected chi connectivity index (χ1v) is 5.08. The molecular formula is C10H21NO. The van der Waals surface area contributed by atoms with Crippen LogP contribution < -0.4 is 0 Å². The Morgan fingerprint density at radius 3 is 2.50 bits per heavy atom. The third-order valence-electron chi connectivity index (χ3n) is 3.03. The highest BCUT2D eigenvalue weighted by Gasteiger charge is 2.40. The van der Waals surface area contributed by atoms with Crippen LogP contribution in [0.25, 0.3) is 0 Å². The number of hydrogen-bond acceptors (Lipinski definition) is 2. The number of likely N-dealkylation sites (tertiary alicyclic amines) is 1. The molecule has 0 unspecified atom stereocenters. The Labute approximate surface area is 75.9 Å². The Kier molecular flexibility index (Phi) is 3.53. The summed E-state index contributed by atoms with van der Waals surface area (Å²) in [6.07, 6.45) is 1.33. The average molecular weight is 171 g/mol. The van der Waals surface area contributed by atoms with Gasteiger partial charge in [-0.2, -0.15) is 0 Å². The Hall–Kier alpha value is -0.0800. The van der Waals surface area contributed by atoms with Gasteiger partial charge in [0.1, 0.15) is 0 Å². The summed E-state index contributed by atoms with van der Waals surface area (Å²) in [6, 6.07) is 1.51. The van der Waals surface area contributed by atoms with Crippen molar-refractivity contribution >= 4 is 0 Å². The second-order valence-electron chi connectivity index (χ2n) is 3.62. The molecule has 0 radical (unpaired) electrons. The van der Waals surface area contributed by atoms with E-state index in [4.69, 9.17) is 4.74 Å². The zero-order valence-electron chi connectivity index (χ0n) is 8.71. The largest absolute Gasteiger partial charge is 0.379 e. The van der Waals surface area contributed by atoms with Crippen molar-refractivity contribution in [1.29, 1.82) is 0 Å². The molecule has 0 saturated carbocycles. The van der Waals surface area contributed by atoms with Gasteiger partial charge in [0.05, 0.1) is 13.2 Å². The third kappa shape index (κ3) is 1.64. The Morgan fingerprint density at radius 2 is 1.92 bits per heavy atom. The lowest BCUT2D eigenvalue weighted by molar-refractivity contribution is 0.141. The second-order valence-corrected chi connectivity index (χ2v) is 3.62. The number of fused-ring (bicyclic) bond motifs is 1. The molecule has 2 heteroatoms. The lowest BCUT2D eigenvalue weighted by Crippen LogP contribution is -2.32. The summed E-state index contributed by atoms with van der Waals surface area (Å²) < 4.78 is 5.39. The van der Waals surface area contributed by atoms with E-state index in [1.807, 2.05) is 13.8 Å². The zero-order chi connectivity index (χ0) is 9.14. The van der Waals surface area contributed by atoms with Gasteiger partial charge in [-0.15, -0.1) is 0 Å². The van der Waals surface area contributed by atoms with Crippen molar-refractivity contribution in [1.82, 2.24) is 4.90 Å². The number of rotatable bonds is 0. The molecule has 2 fully saturated rings. The van der Waals surface area contributed by atoms with Crippen molar-refractivity contribution in [3.8, 4) is 0 Å². The molecule has 0 aliphatic carbocycles. The van der Waals surface area contributed by atoms with Crippen LogP contribution in [0.1, 0.15) is 27.2 Å². The molecule has 72 valence electrons. The van der Waals surface area contributed by atoms with Crippen molar-refractivity contribution in [2.24, 2.45) is 5.92 Å². The highest BCUT2D eigenvalue weighted by molar-refractivity contribution is 4.92. The monoisotopic (exact) mass is 171 g/mol. The van der Waals surface area contributed by atoms with Crippen molar-refractivity contribution in [2.45, 2.75) is 39.3 Å². The first kappa shape index (κ1) is 10.0. The first-order valence-electron chi connectivity index (χ1n) is 5.08. The van der Waals surface area contributed by atoms with Gasteiger partial charge in [-0.25, -0.2) is 0 Å². The molecule has 2 aliphatic heterocycles. The van der Waals surface area contributed by atoms with Crippen LogP contribution in [0.5, 0.6) is 0 Å². The number of nitrogens with zero attached hydrogens (tertiary/aromatic N) is 1. The average Bonchev–Trinajstić information content (AvgIpc) is 2.62. The molecule has 2 aliphatic rings. The smallest absolute Gasteiger partial charge is 0.0625 e. The van der Waals surface area contributed by atoms with E-state index in [0.29, 0.717) is 0 Å². The molecule has 0 amide bonds. The van der Waals surface area contributed by atoms with Crippen LogP contribution in [-0.2, 0) is 4.74 Å². The highest BCUT2D eigenvalue weighted by Crippen LogP contribution is 2.32. The molecule has 0 N–H and O–H groups in total. The van der Waals surface area contributed by atoms with Crippen LogP contribution in [0.2, 0.25) is 0 Å². The second kappa shape index (κ2) is 4.24. The summed E-state index contributed by atoms with van der Waals surface area (Å²) in [4.78, 5) is 2.46. The molecule has 2 rings (SSSR count). The van der Waals surface area contributed by atoms with Gasteiger partial charge in [-0.1, -0.05) is 13.8 Å². The van der Waals surface area contributed by atoms with E-state index in [1.165, 1.54) is 6.42 Å². The molecule has 0 aromatic rings. The third-order valence-corrected chi connectivity index (χ3v) is 3.03. The lowest BCUT2D eigenvalue weighted by atomic mass is 10.0. The topological polar surface area (TPSA) is 12.5 Å². The summed E-state index contributed by atoms with van der Waals surface area (Å²) in [6.45, 7) is 8.27. The van der Waals surface area contributed by atoms with Crippen LogP contribution in [0.4, 0.5) is 0 Å². The van der Waals surface area contributed by atoms with E-state index in [9.17, 15) is 0 Å². The van der Waals surface area contributed by atoms with Crippen molar-refractivity contribution < 1.29 is 4.74 Å². The van der Waals surface area contributed by atoms with Gasteiger partial charge in [0, 0.05) is 18.0 Å². The fourth-order valence-electron chi connectivity index (χ4n) is 2.19. The zero-order valence-corrected chi connectivity index (χ0v) is 8.71. The van der Waals surface area contributed by atoms with E-state index in [1.54, 1.807) is 0 Å². The molecule has 12 heavy (non-hydrogen) atoms. The summed E-state index contributed by atoms with van der Waals surface area (Å²) in [7, 11) is 2.21. The van der Waals surface area contributed by atoms with Crippen LogP contribution in [0, 0.1) is 5.92 Å². The molecule has 0 aromatic heterocycles. The minimum Gasteiger partial charge on any atom is -0.379 e. The quantitative estimate of drug-likeness (QED) is 0.550. The number of ether oxygens (including phenoxy) is 1. The molecule has 2 heterocycles. The van der Waals surface area contributed by atoms with Gasteiger partial charge in [0.2, 0.25) is 0 Å². The molecule has 0 spiro atoms. The maximum atomic E-state index is 5.39. The van der Waals surface area contributed by atoms with Crippen molar-refractivity contribution in [3.05, 3.63) is 0 Å². The summed E-state index contributed by atoms with van der Waals surface area (Å²) in [5.41, 5.74) is 0. The summed E-state index contributed by atoms with van der Waals surface area (Å²) in [5, 5.41) is 0. The van der Waals surface area contributed by atoms with E-state index in [2.05, 4.69) is 18.9 Å². The summed E-state index contributed by atoms with van der Waals surface area (Å²) >= 11 is 0. The molecule has 2 saturated heterocycles. The van der Waals surface area contributed by atoms with Gasteiger partial charge in [0.25, 0.3) is 0 Å². The van der Waals surface area contributed by atoms with E-state index in [0.717, 1.165) is 31.2 Å². The van der Waals surface area contributed by atoms with Crippen LogP contribution in [0.15, 0.2) is 0 Å². The minimum atomic E-state index is 0.731. The van der Waals surface area contributed by atoms with E-state index < -0.39 is 0 Å². The predicted molar refractivity (Wildman–Crippen MR) is 51.3 cm³/mol. The number of hydrogen-bond donors (Lipinski definition) is 0. The molecule has 2 nitrogen and oxygen atoms in total. The van der Waals surface area contributed by atoms with Gasteiger partial charge in [-0.3, -0.25) is 4.90 Å². The van der Waals surface area contributed by atoms with Gasteiger partial charge in [-0.05, 0) is 20.4 Å². The highest BCUT2D eigenvalue weighted by atomic mass is 16.5. The molecule has 0 aromatic carbocycles. The van der Waals surface area contributed by atoms with Gasteiger partial charge in [0.15, 0.2) is 0 Å². The van der Waals surface area contributed by atoms with Gasteiger partial charge >= 0.3 is 0 Å². The fraction of sp³-hybridized carbons (Fsp3) is 1.00. The Balaban J connectivity index is 0.000000336. The van der Waals surface area contributed by atoms with Crippen LogP contribution >= 0.6 is 0 Å². The predicted octanol–water partition coefficient (Wildman–Crippen LogP) is 1.75. The van der Waals surface area contributed by atoms with Crippen LogP contribution in [0.3, 0.4) is 0 Å². The Morgan fingerprint density at radius 1 is 1.25 bits per heavy atom. The minimum absolute atomic E-state index is 0.731. The normalized spacial score (nSPS) is 40.5. The number of likely N-dealkylation sites (N-methyl/N-ethyl adjacent to an activating group) is 1. The standard InChI is InChI=1S/C8H15NO.C2H6/c1-6-3-7-4-10-5-8(7)9(6)2;1-2/h6-8H,3-5H2,1-2H3;1-2H3/t6-,7+,8-;/m1./s1. The van der Waals surface area contributed by atoms with Gasteiger partial charge < -0.3 is 4.74 Å². The maximum absolute atomic E-state index is 5.39. The Bertz CT molecular complexity index is 136. The molecule has 3 atom stereocenters. The van der Waals surface area contributed by atoms with Crippen LogP contribution in [-0.4, -0.2) is 37.2 Å². The lowest BCUT2D eigenvalue weighted by Gasteiger charge is -2.20. The van der Waals surface area contributed by atoms with Crippen molar-refractivity contribution in [2.75, 3.05) is 20.3 Å². The van der Waals surface area contributed by atoms with E-state index >= 15 is 0 Å². The molecular weight excluding hydrogens is 150 g/mol. The van der Waals surface area contributed by atoms with E-state index in [-0.39, 0.29) is 0 Å². The SMILES string of the molecule is CC.C[C@@H]1C[C@H]2COC[C@H]2N1C. The maximum Gasteiger partial charge on any atom is 0.0625 e. The first-order chi connectivity index (χ1) is 5.79. The summed E-state index contributed by atoms with van der Waals surface area (Å²) in [5.74, 6) is 0.833. The van der Waals surface area contributed by atoms with Crippen molar-refractivity contribution in [3.63, 3.8) is 0 Å². The molecule has 0 bridgehead atoms.